The number of sulfonamides is 1. The topological polar surface area (TPSA) is 84.9 Å². The number of hydrogen-bond donors (Lipinski definition) is 1. The van der Waals surface area contributed by atoms with Gasteiger partial charge in [0.2, 0.25) is 10.0 Å². The zero-order valence-corrected chi connectivity index (χ0v) is 18.5. The summed E-state index contributed by atoms with van der Waals surface area (Å²) >= 11 is 0. The molecule has 0 bridgehead atoms. The van der Waals surface area contributed by atoms with Crippen molar-refractivity contribution in [3.05, 3.63) is 41.5 Å². The van der Waals surface area contributed by atoms with Gasteiger partial charge in [-0.15, -0.1) is 0 Å². The number of rotatable bonds is 6. The number of carbonyl (C=O) groups excluding carboxylic acids is 1. The van der Waals surface area contributed by atoms with E-state index in [0.717, 1.165) is 6.26 Å². The van der Waals surface area contributed by atoms with Gasteiger partial charge >= 0.3 is 6.09 Å². The van der Waals surface area contributed by atoms with Crippen LogP contribution in [0.1, 0.15) is 37.7 Å². The van der Waals surface area contributed by atoms with Crippen molar-refractivity contribution in [1.29, 1.82) is 0 Å². The van der Waals surface area contributed by atoms with E-state index in [-0.39, 0.29) is 18.6 Å². The Bertz CT molecular complexity index is 937. The van der Waals surface area contributed by atoms with Gasteiger partial charge in [0.05, 0.1) is 32.1 Å². The second-order valence-electron chi connectivity index (χ2n) is 7.93. The van der Waals surface area contributed by atoms with Gasteiger partial charge in [-0.2, -0.15) is 0 Å². The fourth-order valence-corrected chi connectivity index (χ4v) is 5.07. The Hall–Kier alpha value is -2.04. The molecule has 1 aliphatic carbocycles. The van der Waals surface area contributed by atoms with Gasteiger partial charge < -0.3 is 14.4 Å². The van der Waals surface area contributed by atoms with E-state index in [4.69, 9.17) is 9.47 Å². The highest BCUT2D eigenvalue weighted by Crippen LogP contribution is 2.35. The van der Waals surface area contributed by atoms with Crippen molar-refractivity contribution >= 4 is 21.7 Å². The van der Waals surface area contributed by atoms with Crippen LogP contribution in [0.4, 0.5) is 13.6 Å². The van der Waals surface area contributed by atoms with Gasteiger partial charge in [0.25, 0.3) is 0 Å². The Morgan fingerprint density at radius 2 is 2.00 bits per heavy atom. The molecule has 0 radical (unpaired) electrons. The highest BCUT2D eigenvalue weighted by Gasteiger charge is 2.37. The molecule has 172 valence electrons. The monoisotopic (exact) mass is 458 g/mol. The third kappa shape index (κ3) is 6.02. The molecule has 1 amide bonds. The number of carbonyl (C=O) groups is 1. The van der Waals surface area contributed by atoms with E-state index in [2.05, 4.69) is 4.72 Å². The quantitative estimate of drug-likeness (QED) is 0.708. The fraction of sp³-hybridized carbons (Fsp3) is 0.571. The van der Waals surface area contributed by atoms with Crippen molar-refractivity contribution in [2.24, 2.45) is 0 Å². The van der Waals surface area contributed by atoms with Crippen LogP contribution in [0, 0.1) is 5.82 Å². The maximum atomic E-state index is 14.7. The first-order valence-electron chi connectivity index (χ1n) is 10.3. The highest BCUT2D eigenvalue weighted by molar-refractivity contribution is 7.88. The molecule has 3 rings (SSSR count). The third-order valence-electron chi connectivity index (χ3n) is 5.71. The SMILES string of the molecule is COC(=O)N1CCCC(NS(C)(=O)=O)C1COC1CCC(c2ccccc2F)=C(F)C1. The zero-order chi connectivity index (χ0) is 22.6. The predicted octanol–water partition coefficient (Wildman–Crippen LogP) is 3.22. The normalized spacial score (nSPS) is 24.9. The first-order chi connectivity index (χ1) is 14.7. The van der Waals surface area contributed by atoms with Crippen molar-refractivity contribution in [3.63, 3.8) is 0 Å². The fourth-order valence-electron chi connectivity index (χ4n) is 4.25. The van der Waals surface area contributed by atoms with Gasteiger partial charge in [-0.1, -0.05) is 18.2 Å². The van der Waals surface area contributed by atoms with Crippen LogP contribution in [0.5, 0.6) is 0 Å². The first-order valence-corrected chi connectivity index (χ1v) is 12.1. The summed E-state index contributed by atoms with van der Waals surface area (Å²) in [6.45, 7) is 0.453. The molecule has 0 spiro atoms. The number of nitrogens with zero attached hydrogens (tertiary/aromatic N) is 1. The zero-order valence-electron chi connectivity index (χ0n) is 17.6. The lowest BCUT2D eigenvalue weighted by Gasteiger charge is -2.40. The summed E-state index contributed by atoms with van der Waals surface area (Å²) in [6, 6.07) is 4.99. The van der Waals surface area contributed by atoms with Crippen LogP contribution in [0.25, 0.3) is 5.57 Å². The van der Waals surface area contributed by atoms with Crippen molar-refractivity contribution in [2.75, 3.05) is 26.5 Å². The summed E-state index contributed by atoms with van der Waals surface area (Å²) in [5.41, 5.74) is 0.614. The lowest BCUT2D eigenvalue weighted by molar-refractivity contribution is -0.0153. The Balaban J connectivity index is 1.70. The Morgan fingerprint density at radius 1 is 1.26 bits per heavy atom. The highest BCUT2D eigenvalue weighted by atomic mass is 32.2. The minimum Gasteiger partial charge on any atom is -0.453 e. The summed E-state index contributed by atoms with van der Waals surface area (Å²) in [5, 5.41) is 0. The van der Waals surface area contributed by atoms with E-state index in [9.17, 15) is 22.0 Å². The molecule has 1 saturated heterocycles. The van der Waals surface area contributed by atoms with Crippen LogP contribution in [0.15, 0.2) is 30.1 Å². The van der Waals surface area contributed by atoms with Crippen molar-refractivity contribution in [2.45, 2.75) is 50.3 Å². The number of nitrogens with one attached hydrogen (secondary N) is 1. The standard InChI is InChI=1S/C21H28F2N2O5S/c1-29-21(26)25-11-5-8-19(24-31(2,27)28)20(25)13-30-14-9-10-16(18(23)12-14)15-6-3-4-7-17(15)22/h3-4,6-7,14,19-20,24H,5,8-13H2,1-2H3. The molecule has 10 heteroatoms. The van der Waals surface area contributed by atoms with Gasteiger partial charge in [-0.3, -0.25) is 0 Å². The molecule has 2 aliphatic rings. The van der Waals surface area contributed by atoms with E-state index in [0.29, 0.717) is 37.8 Å². The van der Waals surface area contributed by atoms with Gasteiger partial charge in [-0.25, -0.2) is 26.7 Å². The van der Waals surface area contributed by atoms with E-state index >= 15 is 0 Å². The number of likely N-dealkylation sites (tertiary alicyclic amines) is 1. The number of halogens is 2. The third-order valence-corrected chi connectivity index (χ3v) is 6.44. The molecule has 1 aromatic rings. The molecule has 31 heavy (non-hydrogen) atoms. The number of allylic oxidation sites excluding steroid dienone is 1. The minimum atomic E-state index is -3.49. The van der Waals surface area contributed by atoms with Crippen LogP contribution < -0.4 is 4.72 Å². The van der Waals surface area contributed by atoms with E-state index in [1.54, 1.807) is 18.2 Å². The maximum absolute atomic E-state index is 14.7. The second-order valence-corrected chi connectivity index (χ2v) is 9.71. The molecule has 0 aromatic heterocycles. The minimum absolute atomic E-state index is 0.00121. The molecular formula is C21H28F2N2O5S. The molecule has 3 atom stereocenters. The molecule has 1 fully saturated rings. The average molecular weight is 459 g/mol. The number of hydrogen-bond acceptors (Lipinski definition) is 5. The van der Waals surface area contributed by atoms with Crippen molar-refractivity contribution in [3.8, 4) is 0 Å². The Labute approximate surface area is 181 Å². The van der Waals surface area contributed by atoms with E-state index in [1.165, 1.54) is 18.1 Å². The molecule has 3 unspecified atom stereocenters. The molecule has 1 aliphatic heterocycles. The van der Waals surface area contributed by atoms with Gasteiger partial charge in [0.15, 0.2) is 0 Å². The van der Waals surface area contributed by atoms with Crippen LogP contribution in [-0.2, 0) is 19.5 Å². The lowest BCUT2D eigenvalue weighted by Crippen LogP contribution is -2.59. The Morgan fingerprint density at radius 3 is 2.65 bits per heavy atom. The number of ether oxygens (including phenoxy) is 2. The largest absolute Gasteiger partial charge is 0.453 e. The second kappa shape index (κ2) is 10.1. The lowest BCUT2D eigenvalue weighted by atomic mass is 9.90. The number of piperidine rings is 1. The van der Waals surface area contributed by atoms with Gasteiger partial charge in [0, 0.05) is 24.6 Å². The maximum Gasteiger partial charge on any atom is 0.409 e. The summed E-state index contributed by atoms with van der Waals surface area (Å²) in [6.07, 6.45) is 2.03. The average Bonchev–Trinajstić information content (AvgIpc) is 2.72. The smallest absolute Gasteiger partial charge is 0.409 e. The molecule has 1 heterocycles. The molecule has 1 aromatic carbocycles. The van der Waals surface area contributed by atoms with Crippen LogP contribution in [-0.4, -0.2) is 64.1 Å². The van der Waals surface area contributed by atoms with Crippen LogP contribution in [0.2, 0.25) is 0 Å². The molecule has 7 nitrogen and oxygen atoms in total. The molecule has 1 N–H and O–H groups in total. The first kappa shape index (κ1) is 23.6. The van der Waals surface area contributed by atoms with Gasteiger partial charge in [-0.05, 0) is 37.3 Å². The summed E-state index contributed by atoms with van der Waals surface area (Å²) in [5.74, 6) is -0.877. The number of methoxy groups -OCH3 is 1. The van der Waals surface area contributed by atoms with Crippen LogP contribution >= 0.6 is 0 Å². The van der Waals surface area contributed by atoms with E-state index < -0.39 is 45.9 Å². The van der Waals surface area contributed by atoms with E-state index in [1.807, 2.05) is 0 Å². The predicted molar refractivity (Wildman–Crippen MR) is 112 cm³/mol. The Kier molecular flexibility index (Phi) is 7.66. The molecular weight excluding hydrogens is 430 g/mol. The van der Waals surface area contributed by atoms with Crippen LogP contribution in [0.3, 0.4) is 0 Å². The van der Waals surface area contributed by atoms with Crippen molar-refractivity contribution < 1.29 is 31.5 Å². The van der Waals surface area contributed by atoms with Gasteiger partial charge in [0.1, 0.15) is 11.6 Å². The number of benzene rings is 1. The summed E-state index contributed by atoms with van der Waals surface area (Å²) in [7, 11) is -2.23. The summed E-state index contributed by atoms with van der Waals surface area (Å²) in [4.78, 5) is 13.6. The van der Waals surface area contributed by atoms with Crippen molar-refractivity contribution in [1.82, 2.24) is 9.62 Å². The number of amides is 1. The molecule has 0 saturated carbocycles. The summed E-state index contributed by atoms with van der Waals surface area (Å²) < 4.78 is 65.6.